The van der Waals surface area contributed by atoms with E-state index in [4.69, 9.17) is 4.74 Å². The van der Waals surface area contributed by atoms with Crippen molar-refractivity contribution in [1.82, 2.24) is 5.32 Å². The summed E-state index contributed by atoms with van der Waals surface area (Å²) < 4.78 is 5.79. The Labute approximate surface area is 102 Å². The molecule has 0 saturated carbocycles. The lowest BCUT2D eigenvalue weighted by atomic mass is 10.0. The van der Waals surface area contributed by atoms with Crippen molar-refractivity contribution in [2.24, 2.45) is 0 Å². The van der Waals surface area contributed by atoms with E-state index in [9.17, 15) is 0 Å². The van der Waals surface area contributed by atoms with E-state index in [0.29, 0.717) is 6.04 Å². The van der Waals surface area contributed by atoms with Crippen molar-refractivity contribution in [2.45, 2.75) is 44.8 Å². The Kier molecular flexibility index (Phi) is 4.00. The van der Waals surface area contributed by atoms with Crippen molar-refractivity contribution in [2.75, 3.05) is 13.2 Å². The molecule has 1 aromatic rings. The first-order valence-electron chi connectivity index (χ1n) is 6.14. The van der Waals surface area contributed by atoms with Crippen molar-refractivity contribution in [1.29, 1.82) is 0 Å². The van der Waals surface area contributed by atoms with Crippen LogP contribution in [-0.4, -0.2) is 18.8 Å². The zero-order valence-electron chi connectivity index (χ0n) is 10.2. The van der Waals surface area contributed by atoms with Crippen LogP contribution in [0.15, 0.2) is 17.5 Å². The average molecular weight is 239 g/mol. The third-order valence-electron chi connectivity index (χ3n) is 3.32. The van der Waals surface area contributed by atoms with Crippen molar-refractivity contribution in [3.8, 4) is 0 Å². The van der Waals surface area contributed by atoms with E-state index >= 15 is 0 Å². The maximum absolute atomic E-state index is 5.79. The number of ether oxygens (including phenoxy) is 1. The zero-order valence-corrected chi connectivity index (χ0v) is 11.0. The van der Waals surface area contributed by atoms with Crippen molar-refractivity contribution >= 4 is 11.3 Å². The summed E-state index contributed by atoms with van der Waals surface area (Å²) in [5, 5.41) is 5.79. The largest absolute Gasteiger partial charge is 0.374 e. The Hall–Kier alpha value is -0.380. The molecule has 1 aliphatic rings. The normalized spacial score (nSPS) is 27.1. The molecule has 2 nitrogen and oxygen atoms in total. The molecule has 1 N–H and O–H groups in total. The minimum atomic E-state index is 0.0602. The predicted octanol–water partition coefficient (Wildman–Crippen LogP) is 3.36. The highest BCUT2D eigenvalue weighted by molar-refractivity contribution is 7.10. The summed E-state index contributed by atoms with van der Waals surface area (Å²) in [4.78, 5) is 1.43. The molecule has 0 amide bonds. The summed E-state index contributed by atoms with van der Waals surface area (Å²) in [6.07, 6.45) is 3.52. The first kappa shape index (κ1) is 12.1. The van der Waals surface area contributed by atoms with E-state index in [0.717, 1.165) is 19.6 Å². The molecular formula is C13H21NOS. The second-order valence-corrected chi connectivity index (χ2v) is 5.74. The molecule has 2 unspecified atom stereocenters. The molecule has 0 aliphatic carbocycles. The highest BCUT2D eigenvalue weighted by Crippen LogP contribution is 2.27. The lowest BCUT2D eigenvalue weighted by Crippen LogP contribution is -2.38. The van der Waals surface area contributed by atoms with Gasteiger partial charge in [-0.1, -0.05) is 13.0 Å². The summed E-state index contributed by atoms with van der Waals surface area (Å²) in [5.74, 6) is 0. The van der Waals surface area contributed by atoms with Crippen molar-refractivity contribution in [3.63, 3.8) is 0 Å². The quantitative estimate of drug-likeness (QED) is 0.850. The molecule has 1 aliphatic heterocycles. The van der Waals surface area contributed by atoms with Gasteiger partial charge in [0.15, 0.2) is 0 Å². The fraction of sp³-hybridized carbons (Fsp3) is 0.692. The summed E-state index contributed by atoms with van der Waals surface area (Å²) >= 11 is 1.83. The number of rotatable bonds is 5. The lowest BCUT2D eigenvalue weighted by Gasteiger charge is -2.26. The minimum Gasteiger partial charge on any atom is -0.374 e. The van der Waals surface area contributed by atoms with Crippen LogP contribution in [0.3, 0.4) is 0 Å². The molecule has 2 heterocycles. The molecule has 3 heteroatoms. The van der Waals surface area contributed by atoms with Crippen LogP contribution in [0, 0.1) is 0 Å². The van der Waals surface area contributed by atoms with Gasteiger partial charge in [-0.2, -0.15) is 0 Å². The first-order chi connectivity index (χ1) is 7.73. The average Bonchev–Trinajstić information content (AvgIpc) is 2.91. The van der Waals surface area contributed by atoms with E-state index in [-0.39, 0.29) is 5.60 Å². The Bertz CT molecular complexity index is 304. The summed E-state index contributed by atoms with van der Waals surface area (Å²) in [7, 11) is 0. The van der Waals surface area contributed by atoms with Gasteiger partial charge in [0, 0.05) is 24.1 Å². The van der Waals surface area contributed by atoms with Gasteiger partial charge < -0.3 is 10.1 Å². The van der Waals surface area contributed by atoms with Crippen LogP contribution in [0.4, 0.5) is 0 Å². The summed E-state index contributed by atoms with van der Waals surface area (Å²) in [6.45, 7) is 6.33. The highest BCUT2D eigenvalue weighted by Gasteiger charge is 2.30. The van der Waals surface area contributed by atoms with Gasteiger partial charge in [0.2, 0.25) is 0 Å². The fourth-order valence-corrected chi connectivity index (χ4v) is 3.14. The number of nitrogens with one attached hydrogen (secondary N) is 1. The number of hydrogen-bond donors (Lipinski definition) is 1. The molecule has 1 aromatic heterocycles. The van der Waals surface area contributed by atoms with Gasteiger partial charge in [0.25, 0.3) is 0 Å². The van der Waals surface area contributed by atoms with Crippen LogP contribution >= 0.6 is 11.3 Å². The van der Waals surface area contributed by atoms with Crippen LogP contribution in [-0.2, 0) is 4.74 Å². The van der Waals surface area contributed by atoms with Gasteiger partial charge in [0.1, 0.15) is 0 Å². The minimum absolute atomic E-state index is 0.0602. The monoisotopic (exact) mass is 239 g/mol. The third-order valence-corrected chi connectivity index (χ3v) is 4.30. The number of hydrogen-bond acceptors (Lipinski definition) is 3. The molecule has 1 fully saturated rings. The van der Waals surface area contributed by atoms with E-state index in [1.165, 1.54) is 17.7 Å². The molecule has 90 valence electrons. The van der Waals surface area contributed by atoms with Crippen LogP contribution in [0.5, 0.6) is 0 Å². The Morgan fingerprint density at radius 1 is 1.62 bits per heavy atom. The SMILES string of the molecule is CCC(NCC1(C)CCCO1)c1cccs1. The summed E-state index contributed by atoms with van der Waals surface area (Å²) in [6, 6.07) is 4.82. The molecule has 0 radical (unpaired) electrons. The smallest absolute Gasteiger partial charge is 0.0779 e. The van der Waals surface area contributed by atoms with E-state index in [1.54, 1.807) is 0 Å². The van der Waals surface area contributed by atoms with Gasteiger partial charge in [-0.15, -0.1) is 11.3 Å². The van der Waals surface area contributed by atoms with Gasteiger partial charge in [-0.3, -0.25) is 0 Å². The molecule has 0 bridgehead atoms. The van der Waals surface area contributed by atoms with Crippen molar-refractivity contribution < 1.29 is 4.74 Å². The van der Waals surface area contributed by atoms with Crippen molar-refractivity contribution in [3.05, 3.63) is 22.4 Å². The van der Waals surface area contributed by atoms with Gasteiger partial charge >= 0.3 is 0 Å². The molecule has 1 saturated heterocycles. The molecule has 0 aromatic carbocycles. The maximum atomic E-state index is 5.79. The second-order valence-electron chi connectivity index (χ2n) is 4.76. The number of thiophene rings is 1. The predicted molar refractivity (Wildman–Crippen MR) is 68.9 cm³/mol. The summed E-state index contributed by atoms with van der Waals surface area (Å²) in [5.41, 5.74) is 0.0602. The van der Waals surface area contributed by atoms with E-state index < -0.39 is 0 Å². The second kappa shape index (κ2) is 5.30. The van der Waals surface area contributed by atoms with E-state index in [1.807, 2.05) is 11.3 Å². The molecule has 2 rings (SSSR count). The fourth-order valence-electron chi connectivity index (χ4n) is 2.25. The standard InChI is InChI=1S/C13H21NOS/c1-3-11(12-6-4-9-16-12)14-10-13(2)7-5-8-15-13/h4,6,9,11,14H,3,5,7-8,10H2,1-2H3. The Balaban J connectivity index is 1.88. The van der Waals surface area contributed by atoms with Crippen LogP contribution in [0.1, 0.15) is 44.0 Å². The van der Waals surface area contributed by atoms with E-state index in [2.05, 4.69) is 36.7 Å². The highest BCUT2D eigenvalue weighted by atomic mass is 32.1. The maximum Gasteiger partial charge on any atom is 0.0779 e. The van der Waals surface area contributed by atoms with Gasteiger partial charge in [-0.05, 0) is 37.6 Å². The zero-order chi connectivity index (χ0) is 11.4. The van der Waals surface area contributed by atoms with Crippen LogP contribution in [0.2, 0.25) is 0 Å². The molecule has 0 spiro atoms. The Morgan fingerprint density at radius 3 is 3.06 bits per heavy atom. The third kappa shape index (κ3) is 2.84. The lowest BCUT2D eigenvalue weighted by molar-refractivity contribution is 0.0187. The first-order valence-corrected chi connectivity index (χ1v) is 7.02. The van der Waals surface area contributed by atoms with Gasteiger partial charge in [-0.25, -0.2) is 0 Å². The van der Waals surface area contributed by atoms with Gasteiger partial charge in [0.05, 0.1) is 5.60 Å². The molecule has 2 atom stereocenters. The van der Waals surface area contributed by atoms with Crippen LogP contribution in [0.25, 0.3) is 0 Å². The topological polar surface area (TPSA) is 21.3 Å². The Morgan fingerprint density at radius 2 is 2.50 bits per heavy atom. The molecular weight excluding hydrogens is 218 g/mol. The molecule has 16 heavy (non-hydrogen) atoms. The van der Waals surface area contributed by atoms with Crippen LogP contribution < -0.4 is 5.32 Å².